The molecule has 3 aromatic heterocycles. The summed E-state index contributed by atoms with van der Waals surface area (Å²) in [6, 6.07) is 58.6. The van der Waals surface area contributed by atoms with Crippen molar-refractivity contribution >= 4 is 54.6 Å². The molecule has 0 amide bonds. The molecular formula is C43H28N4. The first-order valence-corrected chi connectivity index (χ1v) is 16.0. The molecule has 0 aliphatic heterocycles. The van der Waals surface area contributed by atoms with Crippen LogP contribution in [0.25, 0.3) is 88.5 Å². The smallest absolute Gasteiger partial charge is 0.138 e. The molecule has 0 spiro atoms. The maximum Gasteiger partial charge on any atom is 0.138 e. The molecule has 10 aromatic rings. The van der Waals surface area contributed by atoms with Crippen LogP contribution in [0.4, 0.5) is 0 Å². The first-order valence-electron chi connectivity index (χ1n) is 16.0. The lowest BCUT2D eigenvalue weighted by atomic mass is 10.0. The van der Waals surface area contributed by atoms with Gasteiger partial charge in [-0.3, -0.25) is 0 Å². The first-order chi connectivity index (χ1) is 23.3. The average molecular weight is 601 g/mol. The van der Waals surface area contributed by atoms with Crippen molar-refractivity contribution in [3.8, 4) is 33.9 Å². The van der Waals surface area contributed by atoms with Gasteiger partial charge in [0.1, 0.15) is 5.82 Å². The van der Waals surface area contributed by atoms with E-state index in [1.54, 1.807) is 0 Å². The third-order valence-electron chi connectivity index (χ3n) is 9.46. The van der Waals surface area contributed by atoms with Crippen LogP contribution < -0.4 is 0 Å². The summed E-state index contributed by atoms with van der Waals surface area (Å²) >= 11 is 0. The number of hydrogen-bond acceptors (Lipinski definition) is 1. The Labute approximate surface area is 270 Å². The molecule has 3 heterocycles. The molecule has 7 aromatic carbocycles. The van der Waals surface area contributed by atoms with Crippen molar-refractivity contribution in [3.63, 3.8) is 0 Å². The highest BCUT2D eigenvalue weighted by atomic mass is 15.0. The van der Waals surface area contributed by atoms with Crippen LogP contribution in [0.2, 0.25) is 0 Å². The lowest BCUT2D eigenvalue weighted by Crippen LogP contribution is -1.93. The number of nitrogens with zero attached hydrogens (tertiary/aromatic N) is 3. The zero-order chi connectivity index (χ0) is 30.9. The summed E-state index contributed by atoms with van der Waals surface area (Å²) in [7, 11) is 0. The molecule has 0 saturated heterocycles. The Bertz CT molecular complexity index is 2780. The van der Waals surface area contributed by atoms with Crippen LogP contribution in [0.1, 0.15) is 0 Å². The fourth-order valence-electron chi connectivity index (χ4n) is 7.30. The van der Waals surface area contributed by atoms with Crippen LogP contribution in [-0.4, -0.2) is 19.1 Å². The van der Waals surface area contributed by atoms with E-state index in [-0.39, 0.29) is 0 Å². The normalized spacial score (nSPS) is 11.8. The van der Waals surface area contributed by atoms with Crippen LogP contribution >= 0.6 is 0 Å². The molecule has 4 nitrogen and oxygen atoms in total. The topological polar surface area (TPSA) is 38.5 Å². The standard InChI is InChI=1S/C43H28N4/c1-3-11-28(12-4-1)43-44-37-22-21-32(27-38(37)45-43)47-40-18-10-8-16-34(40)36-26-30(20-24-42(36)47)29-19-23-41-35(25-29)33-15-7-9-17-39(33)46(41)31-13-5-2-6-14-31/h1-27H,(H,44,45). The molecule has 0 unspecified atom stereocenters. The number of H-pyrrole nitrogens is 1. The van der Waals surface area contributed by atoms with Crippen molar-refractivity contribution in [2.75, 3.05) is 0 Å². The second kappa shape index (κ2) is 10.1. The maximum atomic E-state index is 4.96. The highest BCUT2D eigenvalue weighted by molar-refractivity contribution is 6.12. The van der Waals surface area contributed by atoms with E-state index in [4.69, 9.17) is 4.98 Å². The number of rotatable bonds is 4. The Morgan fingerprint density at radius 2 is 0.915 bits per heavy atom. The zero-order valence-electron chi connectivity index (χ0n) is 25.4. The summed E-state index contributed by atoms with van der Waals surface area (Å²) in [4.78, 5) is 8.46. The molecule has 0 fully saturated rings. The van der Waals surface area contributed by atoms with E-state index in [9.17, 15) is 0 Å². The van der Waals surface area contributed by atoms with Crippen LogP contribution in [0.3, 0.4) is 0 Å². The number of hydrogen-bond donors (Lipinski definition) is 1. The predicted molar refractivity (Wildman–Crippen MR) is 196 cm³/mol. The molecule has 0 bridgehead atoms. The summed E-state index contributed by atoms with van der Waals surface area (Å²) < 4.78 is 4.73. The second-order valence-corrected chi connectivity index (χ2v) is 12.2. The fraction of sp³-hybridized carbons (Fsp3) is 0. The largest absolute Gasteiger partial charge is 0.338 e. The Kier molecular flexibility index (Phi) is 5.54. The SMILES string of the molecule is c1ccc(-c2nc3cc(-n4c5ccccc5c5cc(-c6ccc7c(c6)c6ccccc6n7-c6ccccc6)ccc54)ccc3[nH]2)cc1. The van der Waals surface area contributed by atoms with Crippen LogP contribution in [0.5, 0.6) is 0 Å². The van der Waals surface area contributed by atoms with Gasteiger partial charge in [0.2, 0.25) is 0 Å². The molecular weight excluding hydrogens is 573 g/mol. The van der Waals surface area contributed by atoms with E-state index < -0.39 is 0 Å². The predicted octanol–water partition coefficient (Wildman–Crippen LogP) is 11.1. The Morgan fingerprint density at radius 1 is 0.383 bits per heavy atom. The quantitative estimate of drug-likeness (QED) is 0.214. The van der Waals surface area contributed by atoms with Gasteiger partial charge in [-0.25, -0.2) is 4.98 Å². The third kappa shape index (κ3) is 3.98. The number of para-hydroxylation sites is 3. The minimum absolute atomic E-state index is 0.883. The van der Waals surface area contributed by atoms with E-state index in [1.807, 2.05) is 18.2 Å². The molecule has 0 radical (unpaired) electrons. The van der Waals surface area contributed by atoms with Crippen molar-refractivity contribution in [1.29, 1.82) is 0 Å². The monoisotopic (exact) mass is 600 g/mol. The minimum atomic E-state index is 0.883. The number of fused-ring (bicyclic) bond motifs is 7. The van der Waals surface area contributed by atoms with Gasteiger partial charge < -0.3 is 14.1 Å². The van der Waals surface area contributed by atoms with Crippen LogP contribution in [0.15, 0.2) is 164 Å². The number of aromatic amines is 1. The van der Waals surface area contributed by atoms with Gasteiger partial charge in [-0.2, -0.15) is 0 Å². The van der Waals surface area contributed by atoms with Gasteiger partial charge in [0.15, 0.2) is 0 Å². The van der Waals surface area contributed by atoms with Gasteiger partial charge in [-0.1, -0.05) is 97.1 Å². The van der Waals surface area contributed by atoms with Gasteiger partial charge in [-0.15, -0.1) is 0 Å². The van der Waals surface area contributed by atoms with Gasteiger partial charge in [-0.05, 0) is 77.9 Å². The van der Waals surface area contributed by atoms with Crippen molar-refractivity contribution in [2.24, 2.45) is 0 Å². The highest BCUT2D eigenvalue weighted by Gasteiger charge is 2.16. The summed E-state index contributed by atoms with van der Waals surface area (Å²) in [6.07, 6.45) is 0. The lowest BCUT2D eigenvalue weighted by Gasteiger charge is -2.09. The Balaban J connectivity index is 1.13. The van der Waals surface area contributed by atoms with Crippen LogP contribution in [0, 0.1) is 0 Å². The lowest BCUT2D eigenvalue weighted by molar-refractivity contribution is 1.18. The molecule has 0 aliphatic rings. The Morgan fingerprint density at radius 3 is 1.55 bits per heavy atom. The molecule has 0 atom stereocenters. The summed E-state index contributed by atoms with van der Waals surface area (Å²) in [5.74, 6) is 0.883. The third-order valence-corrected chi connectivity index (χ3v) is 9.46. The second-order valence-electron chi connectivity index (χ2n) is 12.2. The highest BCUT2D eigenvalue weighted by Crippen LogP contribution is 2.38. The molecule has 4 heteroatoms. The van der Waals surface area contributed by atoms with E-state index in [1.165, 1.54) is 60.4 Å². The maximum absolute atomic E-state index is 4.96. The van der Waals surface area contributed by atoms with Crippen molar-refractivity contribution in [2.45, 2.75) is 0 Å². The molecule has 220 valence electrons. The van der Waals surface area contributed by atoms with E-state index in [0.717, 1.165) is 28.1 Å². The van der Waals surface area contributed by atoms with Crippen molar-refractivity contribution in [1.82, 2.24) is 19.1 Å². The minimum Gasteiger partial charge on any atom is -0.338 e. The number of aromatic nitrogens is 4. The van der Waals surface area contributed by atoms with Gasteiger partial charge in [0, 0.05) is 38.5 Å². The molecule has 0 saturated carbocycles. The molecule has 1 N–H and O–H groups in total. The van der Waals surface area contributed by atoms with Crippen molar-refractivity contribution in [3.05, 3.63) is 164 Å². The van der Waals surface area contributed by atoms with Crippen molar-refractivity contribution < 1.29 is 0 Å². The fourth-order valence-corrected chi connectivity index (χ4v) is 7.30. The number of nitrogens with one attached hydrogen (secondary N) is 1. The molecule has 10 rings (SSSR count). The van der Waals surface area contributed by atoms with E-state index in [2.05, 4.69) is 160 Å². The number of benzene rings is 7. The van der Waals surface area contributed by atoms with E-state index in [0.29, 0.717) is 0 Å². The number of imidazole rings is 1. The first kappa shape index (κ1) is 25.9. The molecule has 0 aliphatic carbocycles. The van der Waals surface area contributed by atoms with Gasteiger partial charge in [0.25, 0.3) is 0 Å². The molecule has 47 heavy (non-hydrogen) atoms. The van der Waals surface area contributed by atoms with Gasteiger partial charge in [0.05, 0.1) is 33.1 Å². The van der Waals surface area contributed by atoms with Gasteiger partial charge >= 0.3 is 0 Å². The summed E-state index contributed by atoms with van der Waals surface area (Å²) in [5.41, 5.74) is 12.5. The average Bonchev–Trinajstić information content (AvgIpc) is 3.82. The summed E-state index contributed by atoms with van der Waals surface area (Å²) in [5, 5.41) is 4.98. The van der Waals surface area contributed by atoms with E-state index >= 15 is 0 Å². The van der Waals surface area contributed by atoms with Crippen LogP contribution in [-0.2, 0) is 0 Å². The zero-order valence-corrected chi connectivity index (χ0v) is 25.4. The summed E-state index contributed by atoms with van der Waals surface area (Å²) in [6.45, 7) is 0. The Hall–Kier alpha value is -6.39.